The molecule has 1 saturated heterocycles. The summed E-state index contributed by atoms with van der Waals surface area (Å²) in [5, 5.41) is 2.88. The van der Waals surface area contributed by atoms with Crippen LogP contribution in [-0.4, -0.2) is 25.0 Å². The molecule has 6 heteroatoms. The third-order valence-corrected chi connectivity index (χ3v) is 4.54. The zero-order valence-corrected chi connectivity index (χ0v) is 15.5. The Morgan fingerprint density at radius 1 is 1.28 bits per heavy atom. The highest BCUT2D eigenvalue weighted by molar-refractivity contribution is 9.10. The molecule has 2 amide bonds. The van der Waals surface area contributed by atoms with E-state index >= 15 is 0 Å². The zero-order valence-electron chi connectivity index (χ0n) is 13.9. The molecule has 0 radical (unpaired) electrons. The minimum Gasteiger partial charge on any atom is -0.492 e. The first-order valence-electron chi connectivity index (χ1n) is 8.17. The van der Waals surface area contributed by atoms with Gasteiger partial charge in [-0.1, -0.05) is 34.1 Å². The molecule has 5 nitrogen and oxygen atoms in total. The lowest BCUT2D eigenvalue weighted by molar-refractivity contribution is -0.122. The summed E-state index contributed by atoms with van der Waals surface area (Å²) < 4.78 is 6.49. The smallest absolute Gasteiger partial charge is 0.229 e. The van der Waals surface area contributed by atoms with Gasteiger partial charge in [0.2, 0.25) is 11.8 Å². The fourth-order valence-electron chi connectivity index (χ4n) is 2.88. The van der Waals surface area contributed by atoms with Crippen molar-refractivity contribution in [2.75, 3.05) is 23.4 Å². The van der Waals surface area contributed by atoms with Gasteiger partial charge in [0.15, 0.2) is 0 Å². The van der Waals surface area contributed by atoms with Crippen LogP contribution in [-0.2, 0) is 9.59 Å². The fraction of sp³-hybridized carbons (Fsp3) is 0.263. The molecule has 1 aliphatic heterocycles. The number of halogens is 1. The summed E-state index contributed by atoms with van der Waals surface area (Å²) in [7, 11) is 0. The van der Waals surface area contributed by atoms with E-state index in [1.165, 1.54) is 0 Å². The molecule has 3 rings (SSSR count). The van der Waals surface area contributed by atoms with Gasteiger partial charge in [-0.25, -0.2) is 0 Å². The van der Waals surface area contributed by atoms with Gasteiger partial charge < -0.3 is 15.0 Å². The average Bonchev–Trinajstić information content (AvgIpc) is 2.97. The molecule has 0 aliphatic carbocycles. The topological polar surface area (TPSA) is 58.6 Å². The number of nitrogens with one attached hydrogen (secondary N) is 1. The first-order valence-corrected chi connectivity index (χ1v) is 8.96. The molecular weight excluding hydrogens is 384 g/mol. The van der Waals surface area contributed by atoms with Crippen LogP contribution in [0.1, 0.15) is 13.3 Å². The summed E-state index contributed by atoms with van der Waals surface area (Å²) in [6.45, 7) is 2.77. The third kappa shape index (κ3) is 4.02. The van der Waals surface area contributed by atoms with E-state index in [9.17, 15) is 9.59 Å². The molecule has 2 aromatic rings. The quantitative estimate of drug-likeness (QED) is 0.826. The van der Waals surface area contributed by atoms with Crippen molar-refractivity contribution in [3.05, 3.63) is 53.0 Å². The van der Waals surface area contributed by atoms with Crippen LogP contribution in [0.15, 0.2) is 53.0 Å². The minimum atomic E-state index is -0.388. The van der Waals surface area contributed by atoms with E-state index in [-0.39, 0.29) is 24.2 Å². The minimum absolute atomic E-state index is 0.0680. The lowest BCUT2D eigenvalue weighted by atomic mass is 10.1. The van der Waals surface area contributed by atoms with Crippen molar-refractivity contribution in [2.24, 2.45) is 5.92 Å². The summed E-state index contributed by atoms with van der Waals surface area (Å²) in [6, 6.07) is 14.8. The molecule has 130 valence electrons. The summed E-state index contributed by atoms with van der Waals surface area (Å²) in [5.74, 6) is 0.0527. The van der Waals surface area contributed by atoms with Crippen LogP contribution < -0.4 is 15.0 Å². The van der Waals surface area contributed by atoms with Crippen molar-refractivity contribution < 1.29 is 14.3 Å². The van der Waals surface area contributed by atoms with Crippen molar-refractivity contribution in [1.82, 2.24) is 0 Å². The number of ether oxygens (including phenoxy) is 1. The first kappa shape index (κ1) is 17.5. The normalized spacial score (nSPS) is 16.8. The van der Waals surface area contributed by atoms with E-state index in [2.05, 4.69) is 21.2 Å². The van der Waals surface area contributed by atoms with Crippen molar-refractivity contribution in [2.45, 2.75) is 13.3 Å². The number of carbonyl (C=O) groups excluding carboxylic acids is 2. The fourth-order valence-corrected chi connectivity index (χ4v) is 3.28. The zero-order chi connectivity index (χ0) is 17.8. The summed E-state index contributed by atoms with van der Waals surface area (Å²) >= 11 is 3.38. The van der Waals surface area contributed by atoms with Crippen LogP contribution in [0.5, 0.6) is 5.75 Å². The Morgan fingerprint density at radius 3 is 2.84 bits per heavy atom. The number of anilines is 2. The third-order valence-electron chi connectivity index (χ3n) is 4.04. The second-order valence-corrected chi connectivity index (χ2v) is 6.72. The van der Waals surface area contributed by atoms with Gasteiger partial charge >= 0.3 is 0 Å². The summed E-state index contributed by atoms with van der Waals surface area (Å²) in [4.78, 5) is 26.6. The predicted molar refractivity (Wildman–Crippen MR) is 101 cm³/mol. The van der Waals surface area contributed by atoms with E-state index in [1.54, 1.807) is 4.90 Å². The maximum atomic E-state index is 12.5. The van der Waals surface area contributed by atoms with Crippen molar-refractivity contribution in [3.63, 3.8) is 0 Å². The van der Waals surface area contributed by atoms with E-state index in [0.717, 1.165) is 4.47 Å². The SMILES string of the molecule is CCOc1ccccc1N1C[C@H](C(=O)Nc2cccc(Br)c2)CC1=O. The van der Waals surface area contributed by atoms with Gasteiger partial charge in [0, 0.05) is 23.1 Å². The second-order valence-electron chi connectivity index (χ2n) is 5.81. The molecule has 25 heavy (non-hydrogen) atoms. The van der Waals surface area contributed by atoms with Crippen LogP contribution in [0.3, 0.4) is 0 Å². The van der Waals surface area contributed by atoms with Gasteiger partial charge in [-0.15, -0.1) is 0 Å². The number of hydrogen-bond acceptors (Lipinski definition) is 3. The highest BCUT2D eigenvalue weighted by Gasteiger charge is 2.36. The number of amides is 2. The van der Waals surface area contributed by atoms with Gasteiger partial charge in [-0.3, -0.25) is 9.59 Å². The van der Waals surface area contributed by atoms with E-state index in [4.69, 9.17) is 4.74 Å². The number of benzene rings is 2. The molecule has 1 N–H and O–H groups in total. The standard InChI is InChI=1S/C19H19BrN2O3/c1-2-25-17-9-4-3-8-16(17)22-12-13(10-18(22)23)19(24)21-15-7-5-6-14(20)11-15/h3-9,11,13H,2,10,12H2,1H3,(H,21,24)/t13-/m1/s1. The molecule has 2 aromatic carbocycles. The monoisotopic (exact) mass is 402 g/mol. The van der Waals surface area contributed by atoms with Gasteiger partial charge in [-0.2, -0.15) is 0 Å². The predicted octanol–water partition coefficient (Wildman–Crippen LogP) is 3.84. The number of nitrogens with zero attached hydrogens (tertiary/aromatic N) is 1. The molecular formula is C19H19BrN2O3. The highest BCUT2D eigenvalue weighted by Crippen LogP contribution is 2.33. The van der Waals surface area contributed by atoms with Gasteiger partial charge in [0.1, 0.15) is 5.75 Å². The molecule has 0 spiro atoms. The average molecular weight is 403 g/mol. The van der Waals surface area contributed by atoms with E-state index in [0.29, 0.717) is 30.3 Å². The van der Waals surface area contributed by atoms with Gasteiger partial charge in [0.05, 0.1) is 18.2 Å². The number of para-hydroxylation sites is 2. The Bertz CT molecular complexity index is 794. The summed E-state index contributed by atoms with van der Waals surface area (Å²) in [6.07, 6.45) is 0.195. The van der Waals surface area contributed by atoms with E-state index in [1.807, 2.05) is 55.5 Å². The van der Waals surface area contributed by atoms with Crippen molar-refractivity contribution >= 4 is 39.1 Å². The van der Waals surface area contributed by atoms with Crippen molar-refractivity contribution in [3.8, 4) is 5.75 Å². The molecule has 0 unspecified atom stereocenters. The molecule has 0 bridgehead atoms. The number of rotatable bonds is 5. The van der Waals surface area contributed by atoms with Crippen molar-refractivity contribution in [1.29, 1.82) is 0 Å². The Morgan fingerprint density at radius 2 is 2.08 bits per heavy atom. The lowest BCUT2D eigenvalue weighted by Gasteiger charge is -2.20. The number of carbonyl (C=O) groups is 2. The molecule has 1 fully saturated rings. The van der Waals surface area contributed by atoms with Crippen LogP contribution in [0.25, 0.3) is 0 Å². The molecule has 1 heterocycles. The first-order chi connectivity index (χ1) is 12.1. The van der Waals surface area contributed by atoms with Crippen LogP contribution in [0.2, 0.25) is 0 Å². The molecule has 0 saturated carbocycles. The second kappa shape index (κ2) is 7.70. The number of hydrogen-bond donors (Lipinski definition) is 1. The molecule has 0 aromatic heterocycles. The van der Waals surface area contributed by atoms with E-state index < -0.39 is 0 Å². The Hall–Kier alpha value is -2.34. The lowest BCUT2D eigenvalue weighted by Crippen LogP contribution is -2.28. The van der Waals surface area contributed by atoms with Crippen LogP contribution in [0.4, 0.5) is 11.4 Å². The maximum Gasteiger partial charge on any atom is 0.229 e. The Balaban J connectivity index is 1.73. The highest BCUT2D eigenvalue weighted by atomic mass is 79.9. The largest absolute Gasteiger partial charge is 0.492 e. The molecule has 1 aliphatic rings. The van der Waals surface area contributed by atoms with Crippen LogP contribution >= 0.6 is 15.9 Å². The van der Waals surface area contributed by atoms with Gasteiger partial charge in [-0.05, 0) is 37.3 Å². The summed E-state index contributed by atoms with van der Waals surface area (Å²) in [5.41, 5.74) is 1.42. The van der Waals surface area contributed by atoms with Gasteiger partial charge in [0.25, 0.3) is 0 Å². The van der Waals surface area contributed by atoms with Crippen LogP contribution in [0, 0.1) is 5.92 Å². The Labute approximate surface area is 155 Å². The molecule has 1 atom stereocenters. The maximum absolute atomic E-state index is 12.5. The Kier molecular flexibility index (Phi) is 5.38.